The lowest BCUT2D eigenvalue weighted by atomic mass is 10.1. The highest BCUT2D eigenvalue weighted by Crippen LogP contribution is 2.37. The van der Waals surface area contributed by atoms with E-state index in [4.69, 9.17) is 0 Å². The molecule has 0 bridgehead atoms. The number of rotatable bonds is 4. The lowest BCUT2D eigenvalue weighted by Gasteiger charge is -2.36. The molecule has 2 aliphatic heterocycles. The lowest BCUT2D eigenvalue weighted by Crippen LogP contribution is -2.52. The van der Waals surface area contributed by atoms with Gasteiger partial charge in [-0.25, -0.2) is 4.79 Å². The number of carbonyl (C=O) groups is 1. The zero-order valence-corrected chi connectivity index (χ0v) is 18.1. The second-order valence-electron chi connectivity index (χ2n) is 8.34. The summed E-state index contributed by atoms with van der Waals surface area (Å²) in [7, 11) is 0. The van der Waals surface area contributed by atoms with E-state index in [-0.39, 0.29) is 45.0 Å². The highest BCUT2D eigenvalue weighted by Gasteiger charge is 2.60. The Morgan fingerprint density at radius 2 is 1.57 bits per heavy atom. The predicted molar refractivity (Wildman–Crippen MR) is 104 cm³/mol. The maximum atomic E-state index is 13.2. The van der Waals surface area contributed by atoms with Crippen LogP contribution in [0.5, 0.6) is 0 Å². The first-order chi connectivity index (χ1) is 16.1. The number of aliphatic hydroxyl groups is 1. The summed E-state index contributed by atoms with van der Waals surface area (Å²) < 4.78 is 119. The van der Waals surface area contributed by atoms with Crippen LogP contribution in [-0.2, 0) is 17.5 Å². The van der Waals surface area contributed by atoms with Crippen LogP contribution in [0, 0.1) is 0 Å². The van der Waals surface area contributed by atoms with Crippen molar-refractivity contribution in [2.75, 3.05) is 44.2 Å². The fourth-order valence-corrected chi connectivity index (χ4v) is 3.95. The Kier molecular flexibility index (Phi) is 7.70. The molecule has 35 heavy (non-hydrogen) atoms. The highest BCUT2D eigenvalue weighted by atomic mass is 19.4. The van der Waals surface area contributed by atoms with Gasteiger partial charge in [-0.3, -0.25) is 4.90 Å². The Labute approximate surface area is 193 Å². The molecule has 0 aliphatic carbocycles. The second-order valence-corrected chi connectivity index (χ2v) is 8.34. The number of ether oxygens (including phenoxy) is 1. The molecule has 1 atom stereocenters. The minimum absolute atomic E-state index is 0.0425. The molecule has 1 aromatic rings. The van der Waals surface area contributed by atoms with Gasteiger partial charge in [0.15, 0.2) is 0 Å². The number of amides is 1. The summed E-state index contributed by atoms with van der Waals surface area (Å²) >= 11 is 0. The third-order valence-electron chi connectivity index (χ3n) is 5.75. The molecule has 1 aromatic carbocycles. The summed E-state index contributed by atoms with van der Waals surface area (Å²) in [5.74, 6) is 0. The first-order valence-electron chi connectivity index (χ1n) is 10.5. The van der Waals surface area contributed by atoms with Crippen LogP contribution in [-0.4, -0.2) is 84.8 Å². The molecule has 6 nitrogen and oxygen atoms in total. The van der Waals surface area contributed by atoms with E-state index in [2.05, 4.69) is 4.74 Å². The normalized spacial score (nSPS) is 20.6. The molecule has 3 rings (SSSR count). The van der Waals surface area contributed by atoms with Gasteiger partial charge in [0.25, 0.3) is 6.10 Å². The zero-order valence-electron chi connectivity index (χ0n) is 18.1. The minimum Gasteiger partial charge on any atom is -0.426 e. The molecule has 198 valence electrons. The lowest BCUT2D eigenvalue weighted by molar-refractivity contribution is -0.308. The van der Waals surface area contributed by atoms with Gasteiger partial charge >= 0.3 is 24.6 Å². The fourth-order valence-electron chi connectivity index (χ4n) is 3.95. The molecular weight excluding hydrogens is 501 g/mol. The Balaban J connectivity index is 1.66. The van der Waals surface area contributed by atoms with E-state index in [9.17, 15) is 49.4 Å². The molecule has 15 heteroatoms. The van der Waals surface area contributed by atoms with E-state index in [1.807, 2.05) is 0 Å². The average molecular weight is 523 g/mol. The van der Waals surface area contributed by atoms with Crippen molar-refractivity contribution < 1.29 is 54.2 Å². The highest BCUT2D eigenvalue weighted by molar-refractivity contribution is 5.68. The van der Waals surface area contributed by atoms with Gasteiger partial charge in [0.2, 0.25) is 0 Å². The summed E-state index contributed by atoms with van der Waals surface area (Å²) in [4.78, 5) is 15.9. The molecule has 1 amide bonds. The minimum atomic E-state index is -5.82. The second kappa shape index (κ2) is 9.91. The number of piperazine rings is 1. The first-order valence-corrected chi connectivity index (χ1v) is 10.5. The van der Waals surface area contributed by atoms with Crippen LogP contribution in [0.15, 0.2) is 18.2 Å². The Bertz CT molecular complexity index is 883. The van der Waals surface area contributed by atoms with Crippen molar-refractivity contribution >= 4 is 11.8 Å². The fraction of sp³-hybridized carbons (Fsp3) is 0.650. The summed E-state index contributed by atoms with van der Waals surface area (Å²) in [5, 5.41) is 9.78. The molecule has 0 unspecified atom stereocenters. The summed E-state index contributed by atoms with van der Waals surface area (Å²) in [6.07, 6.45) is -22.5. The number of hydrogen-bond donors (Lipinski definition) is 1. The van der Waals surface area contributed by atoms with Crippen LogP contribution in [0.25, 0.3) is 0 Å². The van der Waals surface area contributed by atoms with Crippen LogP contribution in [0.2, 0.25) is 0 Å². The standard InChI is InChI=1S/C20H22F9N3O3/c21-18(22,23)13-2-1-12(15(9-13)32-4-3-14(33)11-32)10-30-5-7-31(8-6-30)17(34)35-16(19(24,25)26)20(27,28)29/h1-2,9,14,16,33H,3-8,10-11H2/t14-/m1/s1. The number of nitrogens with zero attached hydrogens (tertiary/aromatic N) is 3. The number of anilines is 1. The third kappa shape index (κ3) is 6.84. The number of carbonyl (C=O) groups excluding carboxylic acids is 1. The number of aliphatic hydroxyl groups excluding tert-OH is 1. The Morgan fingerprint density at radius 1 is 0.971 bits per heavy atom. The maximum Gasteiger partial charge on any atom is 0.434 e. The molecule has 2 heterocycles. The van der Waals surface area contributed by atoms with E-state index in [0.717, 1.165) is 12.1 Å². The van der Waals surface area contributed by atoms with Gasteiger partial charge in [0.1, 0.15) is 0 Å². The first kappa shape index (κ1) is 27.2. The third-order valence-corrected chi connectivity index (χ3v) is 5.75. The number of β-amino-alcohol motifs (C(OH)–C–C–N with tert-alkyl or cyclic N) is 1. The van der Waals surface area contributed by atoms with Gasteiger partial charge in [0, 0.05) is 51.5 Å². The zero-order chi connectivity index (χ0) is 26.2. The van der Waals surface area contributed by atoms with E-state index in [1.165, 1.54) is 6.07 Å². The molecule has 0 radical (unpaired) electrons. The van der Waals surface area contributed by atoms with Crippen LogP contribution in [0.4, 0.5) is 50.0 Å². The van der Waals surface area contributed by atoms with Crippen molar-refractivity contribution in [3.63, 3.8) is 0 Å². The van der Waals surface area contributed by atoms with Gasteiger partial charge in [-0.1, -0.05) is 6.07 Å². The summed E-state index contributed by atoms with van der Waals surface area (Å²) in [6, 6.07) is 3.18. The number of hydrogen-bond acceptors (Lipinski definition) is 5. The van der Waals surface area contributed by atoms with Crippen LogP contribution >= 0.6 is 0 Å². The summed E-state index contributed by atoms with van der Waals surface area (Å²) in [5.41, 5.74) is -0.0946. The largest absolute Gasteiger partial charge is 0.434 e. The Hall–Kier alpha value is -2.42. The van der Waals surface area contributed by atoms with Gasteiger partial charge in [0.05, 0.1) is 11.7 Å². The summed E-state index contributed by atoms with van der Waals surface area (Å²) in [6.45, 7) is 0.222. The molecule has 0 spiro atoms. The van der Waals surface area contributed by atoms with Crippen LogP contribution < -0.4 is 4.90 Å². The van der Waals surface area contributed by atoms with Crippen LogP contribution in [0.3, 0.4) is 0 Å². The van der Waals surface area contributed by atoms with E-state index in [0.29, 0.717) is 23.4 Å². The SMILES string of the molecule is O=C(OC(C(F)(F)F)C(F)(F)F)N1CCN(Cc2ccc(C(F)(F)F)cc2N2CC[C@@H](O)C2)CC1. The number of benzene rings is 1. The van der Waals surface area contributed by atoms with Gasteiger partial charge < -0.3 is 19.6 Å². The molecule has 0 saturated carbocycles. The van der Waals surface area contributed by atoms with Gasteiger partial charge in [-0.15, -0.1) is 0 Å². The quantitative estimate of drug-likeness (QED) is 0.605. The maximum absolute atomic E-state index is 13.2. The predicted octanol–water partition coefficient (Wildman–Crippen LogP) is 4.02. The van der Waals surface area contributed by atoms with Crippen molar-refractivity contribution in [3.8, 4) is 0 Å². The Morgan fingerprint density at radius 3 is 2.06 bits per heavy atom. The van der Waals surface area contributed by atoms with E-state index >= 15 is 0 Å². The van der Waals surface area contributed by atoms with Crippen molar-refractivity contribution in [2.45, 2.75) is 43.7 Å². The van der Waals surface area contributed by atoms with Gasteiger partial charge in [-0.2, -0.15) is 39.5 Å². The van der Waals surface area contributed by atoms with Crippen molar-refractivity contribution in [1.82, 2.24) is 9.80 Å². The topological polar surface area (TPSA) is 56.2 Å². The molecule has 2 saturated heterocycles. The molecule has 2 aliphatic rings. The molecule has 0 aromatic heterocycles. The number of halogens is 9. The molecular formula is C20H22F9N3O3. The number of alkyl halides is 9. The molecule has 1 N–H and O–H groups in total. The van der Waals surface area contributed by atoms with Crippen molar-refractivity contribution in [2.24, 2.45) is 0 Å². The van der Waals surface area contributed by atoms with Gasteiger partial charge in [-0.05, 0) is 24.1 Å². The average Bonchev–Trinajstić information content (AvgIpc) is 3.16. The van der Waals surface area contributed by atoms with E-state index in [1.54, 1.807) is 9.80 Å². The monoisotopic (exact) mass is 523 g/mol. The van der Waals surface area contributed by atoms with Crippen molar-refractivity contribution in [1.29, 1.82) is 0 Å². The smallest absolute Gasteiger partial charge is 0.426 e. The van der Waals surface area contributed by atoms with E-state index < -0.39 is 42.4 Å². The van der Waals surface area contributed by atoms with Crippen molar-refractivity contribution in [3.05, 3.63) is 29.3 Å². The van der Waals surface area contributed by atoms with Crippen LogP contribution in [0.1, 0.15) is 17.5 Å². The molecule has 2 fully saturated rings.